The lowest BCUT2D eigenvalue weighted by Crippen LogP contribution is -2.23. The smallest absolute Gasteiger partial charge is 0.274 e. The number of hydroxylamine groups is 1. The lowest BCUT2D eigenvalue weighted by Gasteiger charge is -2.04. The highest BCUT2D eigenvalue weighted by molar-refractivity contribution is 5.93. The van der Waals surface area contributed by atoms with E-state index in [-0.39, 0.29) is 5.91 Å². The standard InChI is InChI=1S/C10H12FNO3/c1-2-15-12-10(13)8-3-5-9(6-4-8)14-7-11/h3-6H,2,7H2,1H3,(H,12,13). The van der Waals surface area contributed by atoms with Gasteiger partial charge in [-0.25, -0.2) is 9.87 Å². The van der Waals surface area contributed by atoms with Gasteiger partial charge in [0.05, 0.1) is 6.61 Å². The van der Waals surface area contributed by atoms with Crippen molar-refractivity contribution in [3.05, 3.63) is 29.8 Å². The second-order valence-corrected chi connectivity index (χ2v) is 2.64. The molecule has 0 bridgehead atoms. The molecule has 0 fully saturated rings. The first-order valence-electron chi connectivity index (χ1n) is 4.49. The van der Waals surface area contributed by atoms with Crippen molar-refractivity contribution in [3.8, 4) is 5.75 Å². The average Bonchev–Trinajstić information content (AvgIpc) is 2.27. The Kier molecular flexibility index (Phi) is 4.56. The largest absolute Gasteiger partial charge is 0.463 e. The Balaban J connectivity index is 2.58. The summed E-state index contributed by atoms with van der Waals surface area (Å²) >= 11 is 0. The van der Waals surface area contributed by atoms with Crippen molar-refractivity contribution in [3.63, 3.8) is 0 Å². The molecule has 0 spiro atoms. The number of carbonyl (C=O) groups excluding carboxylic acids is 1. The highest BCUT2D eigenvalue weighted by atomic mass is 19.1. The van der Waals surface area contributed by atoms with Crippen molar-refractivity contribution in [1.29, 1.82) is 0 Å². The number of alkyl halides is 1. The third-order valence-electron chi connectivity index (χ3n) is 1.65. The zero-order valence-corrected chi connectivity index (χ0v) is 8.33. The van der Waals surface area contributed by atoms with Gasteiger partial charge in [-0.3, -0.25) is 9.63 Å². The van der Waals surface area contributed by atoms with E-state index in [4.69, 9.17) is 4.84 Å². The van der Waals surface area contributed by atoms with Crippen LogP contribution in [0, 0.1) is 0 Å². The molecule has 0 saturated carbocycles. The Morgan fingerprint density at radius 3 is 2.60 bits per heavy atom. The van der Waals surface area contributed by atoms with Crippen LogP contribution in [-0.2, 0) is 4.84 Å². The molecule has 0 aromatic heterocycles. The van der Waals surface area contributed by atoms with Crippen LogP contribution in [0.25, 0.3) is 0 Å². The van der Waals surface area contributed by atoms with Gasteiger partial charge in [0.25, 0.3) is 5.91 Å². The van der Waals surface area contributed by atoms with Gasteiger partial charge in [-0.1, -0.05) is 0 Å². The monoisotopic (exact) mass is 213 g/mol. The molecule has 0 atom stereocenters. The van der Waals surface area contributed by atoms with E-state index in [1.54, 1.807) is 6.92 Å². The molecular weight excluding hydrogens is 201 g/mol. The normalized spacial score (nSPS) is 9.73. The maximum atomic E-state index is 11.8. The fraction of sp³-hybridized carbons (Fsp3) is 0.300. The van der Waals surface area contributed by atoms with Crippen molar-refractivity contribution in [2.45, 2.75) is 6.92 Å². The molecule has 1 N–H and O–H groups in total. The Morgan fingerprint density at radius 2 is 2.07 bits per heavy atom. The van der Waals surface area contributed by atoms with E-state index in [1.165, 1.54) is 24.3 Å². The first-order valence-corrected chi connectivity index (χ1v) is 4.49. The fourth-order valence-corrected chi connectivity index (χ4v) is 0.962. The van der Waals surface area contributed by atoms with Crippen molar-refractivity contribution in [1.82, 2.24) is 5.48 Å². The van der Waals surface area contributed by atoms with Crippen LogP contribution in [0.5, 0.6) is 5.75 Å². The zero-order valence-electron chi connectivity index (χ0n) is 8.33. The van der Waals surface area contributed by atoms with E-state index >= 15 is 0 Å². The van der Waals surface area contributed by atoms with Crippen molar-refractivity contribution < 1.29 is 18.8 Å². The molecular formula is C10H12FNO3. The van der Waals surface area contributed by atoms with Gasteiger partial charge in [0.15, 0.2) is 0 Å². The number of hydrogen-bond acceptors (Lipinski definition) is 3. The van der Waals surface area contributed by atoms with Crippen LogP contribution in [-0.4, -0.2) is 19.4 Å². The van der Waals surface area contributed by atoms with Crippen LogP contribution in [0.2, 0.25) is 0 Å². The highest BCUT2D eigenvalue weighted by Gasteiger charge is 2.04. The van der Waals surface area contributed by atoms with Crippen LogP contribution >= 0.6 is 0 Å². The van der Waals surface area contributed by atoms with Gasteiger partial charge < -0.3 is 4.74 Å². The van der Waals surface area contributed by atoms with Gasteiger partial charge in [0, 0.05) is 5.56 Å². The summed E-state index contributed by atoms with van der Waals surface area (Å²) in [7, 11) is 0. The molecule has 1 rings (SSSR count). The van der Waals surface area contributed by atoms with Gasteiger partial charge >= 0.3 is 0 Å². The molecule has 1 amide bonds. The Hall–Kier alpha value is -1.62. The molecule has 0 aliphatic rings. The summed E-state index contributed by atoms with van der Waals surface area (Å²) in [5, 5.41) is 0. The van der Waals surface area contributed by atoms with E-state index in [1.807, 2.05) is 0 Å². The molecule has 5 heteroatoms. The number of halogens is 1. The van der Waals surface area contributed by atoms with Crippen LogP contribution in [0.4, 0.5) is 4.39 Å². The minimum atomic E-state index is -0.884. The van der Waals surface area contributed by atoms with Crippen LogP contribution < -0.4 is 10.2 Å². The minimum absolute atomic E-state index is 0.344. The van der Waals surface area contributed by atoms with Gasteiger partial charge in [-0.05, 0) is 31.2 Å². The van der Waals surface area contributed by atoms with Crippen LogP contribution in [0.1, 0.15) is 17.3 Å². The molecule has 0 saturated heterocycles. The van der Waals surface area contributed by atoms with Crippen molar-refractivity contribution in [2.75, 3.05) is 13.5 Å². The lowest BCUT2D eigenvalue weighted by molar-refractivity contribution is 0.0364. The Labute approximate surface area is 86.9 Å². The highest BCUT2D eigenvalue weighted by Crippen LogP contribution is 2.11. The molecule has 0 aliphatic carbocycles. The average molecular weight is 213 g/mol. The molecule has 82 valence electrons. The topological polar surface area (TPSA) is 47.6 Å². The number of benzene rings is 1. The van der Waals surface area contributed by atoms with Crippen molar-refractivity contribution >= 4 is 5.91 Å². The van der Waals surface area contributed by atoms with Gasteiger partial charge in [-0.2, -0.15) is 0 Å². The predicted molar refractivity (Wildman–Crippen MR) is 52.1 cm³/mol. The first kappa shape index (κ1) is 11.5. The lowest BCUT2D eigenvalue weighted by atomic mass is 10.2. The molecule has 0 radical (unpaired) electrons. The van der Waals surface area contributed by atoms with Gasteiger partial charge in [0.1, 0.15) is 5.75 Å². The van der Waals surface area contributed by atoms with E-state index in [2.05, 4.69) is 10.2 Å². The number of carbonyl (C=O) groups is 1. The summed E-state index contributed by atoms with van der Waals surface area (Å²) in [6, 6.07) is 6.08. The molecule has 1 aromatic rings. The fourth-order valence-electron chi connectivity index (χ4n) is 0.962. The summed E-state index contributed by atoms with van der Waals surface area (Å²) in [5.41, 5.74) is 2.67. The summed E-state index contributed by atoms with van der Waals surface area (Å²) in [6.45, 7) is 1.28. The Morgan fingerprint density at radius 1 is 1.40 bits per heavy atom. The number of hydrogen-bond donors (Lipinski definition) is 1. The minimum Gasteiger partial charge on any atom is -0.463 e. The summed E-state index contributed by atoms with van der Waals surface area (Å²) in [6.07, 6.45) is 0. The van der Waals surface area contributed by atoms with E-state index in [9.17, 15) is 9.18 Å². The third-order valence-corrected chi connectivity index (χ3v) is 1.65. The number of ether oxygens (including phenoxy) is 1. The number of amides is 1. The Bertz CT molecular complexity index is 313. The number of rotatable bonds is 5. The molecule has 0 heterocycles. The second kappa shape index (κ2) is 5.98. The van der Waals surface area contributed by atoms with Gasteiger partial charge in [0.2, 0.25) is 6.86 Å². The molecule has 15 heavy (non-hydrogen) atoms. The second-order valence-electron chi connectivity index (χ2n) is 2.64. The van der Waals surface area contributed by atoms with Gasteiger partial charge in [-0.15, -0.1) is 0 Å². The molecule has 0 unspecified atom stereocenters. The SMILES string of the molecule is CCONC(=O)c1ccc(OCF)cc1. The third kappa shape index (κ3) is 3.55. The molecule has 0 aliphatic heterocycles. The number of nitrogens with one attached hydrogen (secondary N) is 1. The summed E-state index contributed by atoms with van der Waals surface area (Å²) in [5.74, 6) is 0.0362. The summed E-state index contributed by atoms with van der Waals surface area (Å²) < 4.78 is 16.4. The maximum absolute atomic E-state index is 11.8. The predicted octanol–water partition coefficient (Wildman–Crippen LogP) is 1.67. The molecule has 1 aromatic carbocycles. The van der Waals surface area contributed by atoms with Crippen LogP contribution in [0.15, 0.2) is 24.3 Å². The zero-order chi connectivity index (χ0) is 11.1. The van der Waals surface area contributed by atoms with E-state index in [0.29, 0.717) is 17.9 Å². The quantitative estimate of drug-likeness (QED) is 0.757. The van der Waals surface area contributed by atoms with E-state index in [0.717, 1.165) is 0 Å². The maximum Gasteiger partial charge on any atom is 0.274 e. The first-order chi connectivity index (χ1) is 7.27. The van der Waals surface area contributed by atoms with E-state index < -0.39 is 6.86 Å². The molecule has 4 nitrogen and oxygen atoms in total. The van der Waals surface area contributed by atoms with Crippen molar-refractivity contribution in [2.24, 2.45) is 0 Å². The van der Waals surface area contributed by atoms with Crippen LogP contribution in [0.3, 0.4) is 0 Å². The summed E-state index contributed by atoms with van der Waals surface area (Å²) in [4.78, 5) is 16.1.